The lowest BCUT2D eigenvalue weighted by molar-refractivity contribution is -0.138. The summed E-state index contributed by atoms with van der Waals surface area (Å²) in [5.74, 6) is -0.0550. The standard InChI is InChI=1S/C16H30N2O3/c1-16(2,3)13(11-14(19)20)18-15(21)17-10-6-9-12-7-4-5-8-12/h12-13H,4-11H2,1-3H3,(H,19,20)(H2,17,18,21). The summed E-state index contributed by atoms with van der Waals surface area (Å²) in [5, 5.41) is 14.5. The van der Waals surface area contributed by atoms with Gasteiger partial charge in [0, 0.05) is 12.6 Å². The fourth-order valence-electron chi connectivity index (χ4n) is 2.85. The number of carboxylic acid groups (broad SMARTS) is 1. The molecular weight excluding hydrogens is 268 g/mol. The Labute approximate surface area is 127 Å². The van der Waals surface area contributed by atoms with Crippen LogP contribution in [-0.4, -0.2) is 29.7 Å². The van der Waals surface area contributed by atoms with Crippen molar-refractivity contribution in [3.63, 3.8) is 0 Å². The third-order valence-electron chi connectivity index (χ3n) is 4.28. The van der Waals surface area contributed by atoms with E-state index in [1.807, 2.05) is 20.8 Å². The number of carbonyl (C=O) groups is 2. The molecule has 122 valence electrons. The average Bonchev–Trinajstić information content (AvgIpc) is 2.85. The lowest BCUT2D eigenvalue weighted by Crippen LogP contribution is -2.49. The molecule has 1 rings (SSSR count). The Morgan fingerprint density at radius 2 is 1.86 bits per heavy atom. The highest BCUT2D eigenvalue weighted by atomic mass is 16.4. The van der Waals surface area contributed by atoms with Crippen molar-refractivity contribution in [2.45, 2.75) is 71.8 Å². The molecule has 1 fully saturated rings. The molecule has 0 aliphatic heterocycles. The predicted octanol–water partition coefficient (Wildman–Crippen LogP) is 3.15. The van der Waals surface area contributed by atoms with E-state index < -0.39 is 5.97 Å². The first kappa shape index (κ1) is 17.8. The maximum Gasteiger partial charge on any atom is 0.315 e. The molecular formula is C16H30N2O3. The van der Waals surface area contributed by atoms with E-state index >= 15 is 0 Å². The van der Waals surface area contributed by atoms with Gasteiger partial charge in [-0.3, -0.25) is 4.79 Å². The van der Waals surface area contributed by atoms with Gasteiger partial charge in [0.05, 0.1) is 6.42 Å². The number of rotatable bonds is 7. The molecule has 21 heavy (non-hydrogen) atoms. The van der Waals surface area contributed by atoms with Gasteiger partial charge in [-0.15, -0.1) is 0 Å². The maximum absolute atomic E-state index is 11.9. The summed E-state index contributed by atoms with van der Waals surface area (Å²) in [6, 6.07) is -0.632. The summed E-state index contributed by atoms with van der Waals surface area (Å²) < 4.78 is 0. The van der Waals surface area contributed by atoms with E-state index in [0.29, 0.717) is 6.54 Å². The number of nitrogens with one attached hydrogen (secondary N) is 2. The van der Waals surface area contributed by atoms with Gasteiger partial charge in [0.1, 0.15) is 0 Å². The van der Waals surface area contributed by atoms with Crippen molar-refractivity contribution in [1.29, 1.82) is 0 Å². The van der Waals surface area contributed by atoms with E-state index in [4.69, 9.17) is 5.11 Å². The van der Waals surface area contributed by atoms with E-state index in [9.17, 15) is 9.59 Å². The quantitative estimate of drug-likeness (QED) is 0.632. The molecule has 0 aromatic carbocycles. The second-order valence-electron chi connectivity index (χ2n) is 7.21. The SMILES string of the molecule is CC(C)(C)C(CC(=O)O)NC(=O)NCCCC1CCCC1. The van der Waals surface area contributed by atoms with Crippen LogP contribution in [0.15, 0.2) is 0 Å². The zero-order valence-electron chi connectivity index (χ0n) is 13.6. The van der Waals surface area contributed by atoms with Crippen molar-refractivity contribution in [3.05, 3.63) is 0 Å². The molecule has 1 aliphatic rings. The summed E-state index contributed by atoms with van der Waals surface area (Å²) in [4.78, 5) is 22.7. The molecule has 0 spiro atoms. The molecule has 0 radical (unpaired) electrons. The number of hydrogen-bond acceptors (Lipinski definition) is 2. The van der Waals surface area contributed by atoms with Crippen LogP contribution in [0.3, 0.4) is 0 Å². The van der Waals surface area contributed by atoms with Crippen LogP contribution in [0.25, 0.3) is 0 Å². The highest BCUT2D eigenvalue weighted by molar-refractivity contribution is 5.75. The number of carbonyl (C=O) groups excluding carboxylic acids is 1. The first-order valence-electron chi connectivity index (χ1n) is 8.05. The number of urea groups is 1. The van der Waals surface area contributed by atoms with E-state index in [1.54, 1.807) is 0 Å². The van der Waals surface area contributed by atoms with Gasteiger partial charge in [0.2, 0.25) is 0 Å². The van der Waals surface area contributed by atoms with Crippen LogP contribution >= 0.6 is 0 Å². The molecule has 5 nitrogen and oxygen atoms in total. The summed E-state index contributed by atoms with van der Waals surface area (Å²) >= 11 is 0. The third kappa shape index (κ3) is 7.34. The highest BCUT2D eigenvalue weighted by Gasteiger charge is 2.28. The van der Waals surface area contributed by atoms with Crippen LogP contribution in [-0.2, 0) is 4.79 Å². The van der Waals surface area contributed by atoms with Crippen LogP contribution < -0.4 is 10.6 Å². The zero-order valence-corrected chi connectivity index (χ0v) is 13.6. The fourth-order valence-corrected chi connectivity index (χ4v) is 2.85. The summed E-state index contributed by atoms with van der Waals surface area (Å²) in [5.41, 5.74) is -0.278. The molecule has 1 atom stereocenters. The molecule has 3 N–H and O–H groups in total. The Kier molecular flexibility index (Phi) is 6.99. The van der Waals surface area contributed by atoms with E-state index in [0.717, 1.165) is 12.3 Å². The van der Waals surface area contributed by atoms with Gasteiger partial charge in [-0.25, -0.2) is 4.79 Å². The van der Waals surface area contributed by atoms with Gasteiger partial charge in [0.15, 0.2) is 0 Å². The topological polar surface area (TPSA) is 78.4 Å². The van der Waals surface area contributed by atoms with Crippen molar-refractivity contribution in [1.82, 2.24) is 10.6 Å². The van der Waals surface area contributed by atoms with Gasteiger partial charge in [-0.2, -0.15) is 0 Å². The molecule has 0 saturated heterocycles. The summed E-state index contributed by atoms with van der Waals surface area (Å²) in [7, 11) is 0. The molecule has 0 heterocycles. The maximum atomic E-state index is 11.9. The Hall–Kier alpha value is -1.26. The molecule has 1 aliphatic carbocycles. The van der Waals surface area contributed by atoms with E-state index in [1.165, 1.54) is 32.1 Å². The number of carboxylic acids is 1. The first-order valence-corrected chi connectivity index (χ1v) is 8.05. The van der Waals surface area contributed by atoms with Crippen molar-refractivity contribution >= 4 is 12.0 Å². The van der Waals surface area contributed by atoms with Crippen LogP contribution in [0, 0.1) is 11.3 Å². The van der Waals surface area contributed by atoms with Gasteiger partial charge >= 0.3 is 12.0 Å². The van der Waals surface area contributed by atoms with Crippen molar-refractivity contribution in [2.75, 3.05) is 6.54 Å². The van der Waals surface area contributed by atoms with E-state index in [-0.39, 0.29) is 23.9 Å². The largest absolute Gasteiger partial charge is 0.481 e. The lowest BCUT2D eigenvalue weighted by atomic mass is 9.85. The van der Waals surface area contributed by atoms with Gasteiger partial charge in [-0.1, -0.05) is 46.5 Å². The second-order valence-corrected chi connectivity index (χ2v) is 7.21. The summed E-state index contributed by atoms with van der Waals surface area (Å²) in [6.07, 6.45) is 7.48. The minimum absolute atomic E-state index is 0.0566. The molecule has 0 aromatic rings. The first-order chi connectivity index (χ1) is 9.79. The van der Waals surface area contributed by atoms with Gasteiger partial charge in [0.25, 0.3) is 0 Å². The van der Waals surface area contributed by atoms with Crippen LogP contribution in [0.4, 0.5) is 4.79 Å². The number of amides is 2. The van der Waals surface area contributed by atoms with Crippen molar-refractivity contribution < 1.29 is 14.7 Å². The Bertz CT molecular complexity index is 344. The number of aliphatic carboxylic acids is 1. The molecule has 0 aromatic heterocycles. The Morgan fingerprint density at radius 1 is 1.24 bits per heavy atom. The minimum atomic E-state index is -0.892. The molecule has 1 unspecified atom stereocenters. The molecule has 0 bridgehead atoms. The van der Waals surface area contributed by atoms with E-state index in [2.05, 4.69) is 10.6 Å². The highest BCUT2D eigenvalue weighted by Crippen LogP contribution is 2.28. The van der Waals surface area contributed by atoms with Crippen molar-refractivity contribution in [2.24, 2.45) is 11.3 Å². The van der Waals surface area contributed by atoms with Crippen molar-refractivity contribution in [3.8, 4) is 0 Å². The molecule has 1 saturated carbocycles. The average molecular weight is 298 g/mol. The minimum Gasteiger partial charge on any atom is -0.481 e. The predicted molar refractivity (Wildman–Crippen MR) is 83.2 cm³/mol. The summed E-state index contributed by atoms with van der Waals surface area (Å²) in [6.45, 7) is 6.45. The molecule has 5 heteroatoms. The zero-order chi connectivity index (χ0) is 15.9. The smallest absolute Gasteiger partial charge is 0.315 e. The van der Waals surface area contributed by atoms with Crippen LogP contribution in [0.5, 0.6) is 0 Å². The van der Waals surface area contributed by atoms with Crippen LogP contribution in [0.1, 0.15) is 65.7 Å². The lowest BCUT2D eigenvalue weighted by Gasteiger charge is -2.30. The third-order valence-corrected chi connectivity index (χ3v) is 4.28. The second kappa shape index (κ2) is 8.25. The van der Waals surface area contributed by atoms with Gasteiger partial charge < -0.3 is 15.7 Å². The normalized spacial score (nSPS) is 17.5. The molecule has 2 amide bonds. The fraction of sp³-hybridized carbons (Fsp3) is 0.875. The van der Waals surface area contributed by atoms with Crippen LogP contribution in [0.2, 0.25) is 0 Å². The Morgan fingerprint density at radius 3 is 2.38 bits per heavy atom. The van der Waals surface area contributed by atoms with Gasteiger partial charge in [-0.05, 0) is 24.2 Å². The Balaban J connectivity index is 2.24. The number of hydrogen-bond donors (Lipinski definition) is 3. The monoisotopic (exact) mass is 298 g/mol.